The van der Waals surface area contributed by atoms with Crippen LogP contribution in [0.15, 0.2) is 0 Å². The van der Waals surface area contributed by atoms with E-state index in [0.29, 0.717) is 0 Å². The molecule has 82 valence electrons. The Kier molecular flexibility index (Phi) is 3.82. The smallest absolute Gasteiger partial charge is 0.0107 e. The largest absolute Gasteiger partial charge is 0.313 e. The Bertz CT molecular complexity index is 166. The molecule has 2 heteroatoms. The minimum atomic E-state index is 0.779. The second-order valence-electron chi connectivity index (χ2n) is 4.92. The Balaban J connectivity index is 1.65. The first-order chi connectivity index (χ1) is 6.88. The van der Waals surface area contributed by atoms with Gasteiger partial charge in [0.1, 0.15) is 0 Å². The molecule has 1 saturated heterocycles. The Morgan fingerprint density at radius 3 is 2.79 bits per heavy atom. The van der Waals surface area contributed by atoms with Crippen molar-refractivity contribution in [3.8, 4) is 0 Å². The first-order valence-electron chi connectivity index (χ1n) is 6.34. The topological polar surface area (TPSA) is 15.3 Å². The SMILES string of the molecule is CCC1CCN(CCC2CC2)CCN1. The second-order valence-corrected chi connectivity index (χ2v) is 4.92. The quantitative estimate of drug-likeness (QED) is 0.738. The third-order valence-electron chi connectivity index (χ3n) is 3.70. The molecule has 0 amide bonds. The average Bonchev–Trinajstić information content (AvgIpc) is 3.02. The van der Waals surface area contributed by atoms with Gasteiger partial charge in [0, 0.05) is 19.1 Å². The van der Waals surface area contributed by atoms with Gasteiger partial charge in [-0.25, -0.2) is 0 Å². The highest BCUT2D eigenvalue weighted by Gasteiger charge is 2.22. The summed E-state index contributed by atoms with van der Waals surface area (Å²) in [7, 11) is 0. The van der Waals surface area contributed by atoms with E-state index < -0.39 is 0 Å². The Hall–Kier alpha value is -0.0800. The number of rotatable bonds is 4. The van der Waals surface area contributed by atoms with E-state index in [2.05, 4.69) is 17.1 Å². The van der Waals surface area contributed by atoms with Gasteiger partial charge in [0.05, 0.1) is 0 Å². The molecule has 1 heterocycles. The molecule has 1 unspecified atom stereocenters. The zero-order valence-corrected chi connectivity index (χ0v) is 9.47. The van der Waals surface area contributed by atoms with Gasteiger partial charge in [-0.3, -0.25) is 0 Å². The van der Waals surface area contributed by atoms with Crippen molar-refractivity contribution in [3.63, 3.8) is 0 Å². The monoisotopic (exact) mass is 196 g/mol. The van der Waals surface area contributed by atoms with Crippen molar-refractivity contribution in [1.82, 2.24) is 10.2 Å². The molecule has 2 rings (SSSR count). The van der Waals surface area contributed by atoms with E-state index >= 15 is 0 Å². The van der Waals surface area contributed by atoms with Crippen LogP contribution in [0.25, 0.3) is 0 Å². The molecular formula is C12H24N2. The predicted octanol–water partition coefficient (Wildman–Crippen LogP) is 1.86. The van der Waals surface area contributed by atoms with Gasteiger partial charge in [-0.2, -0.15) is 0 Å². The van der Waals surface area contributed by atoms with E-state index in [0.717, 1.165) is 12.0 Å². The predicted molar refractivity (Wildman–Crippen MR) is 60.5 cm³/mol. The maximum atomic E-state index is 3.62. The van der Waals surface area contributed by atoms with E-state index in [1.807, 2.05) is 0 Å². The summed E-state index contributed by atoms with van der Waals surface area (Å²) in [4.78, 5) is 2.65. The molecule has 1 N–H and O–H groups in total. The lowest BCUT2D eigenvalue weighted by molar-refractivity contribution is 0.280. The molecule has 2 fully saturated rings. The minimum absolute atomic E-state index is 0.779. The molecule has 1 atom stereocenters. The van der Waals surface area contributed by atoms with E-state index in [-0.39, 0.29) is 0 Å². The third-order valence-corrected chi connectivity index (χ3v) is 3.70. The summed E-state index contributed by atoms with van der Waals surface area (Å²) in [6, 6.07) is 0.779. The van der Waals surface area contributed by atoms with Crippen LogP contribution >= 0.6 is 0 Å². The maximum Gasteiger partial charge on any atom is 0.0107 e. The van der Waals surface area contributed by atoms with Crippen molar-refractivity contribution in [1.29, 1.82) is 0 Å². The van der Waals surface area contributed by atoms with Crippen molar-refractivity contribution in [3.05, 3.63) is 0 Å². The summed E-state index contributed by atoms with van der Waals surface area (Å²) in [5.41, 5.74) is 0. The van der Waals surface area contributed by atoms with Gasteiger partial charge in [0.15, 0.2) is 0 Å². The Morgan fingerprint density at radius 2 is 2.07 bits per heavy atom. The second kappa shape index (κ2) is 5.13. The summed E-state index contributed by atoms with van der Waals surface area (Å²) in [6.45, 7) is 7.42. The van der Waals surface area contributed by atoms with E-state index in [9.17, 15) is 0 Å². The number of hydrogen-bond donors (Lipinski definition) is 1. The van der Waals surface area contributed by atoms with Crippen LogP contribution in [0.2, 0.25) is 0 Å². The van der Waals surface area contributed by atoms with E-state index in [1.54, 1.807) is 0 Å². The van der Waals surface area contributed by atoms with Crippen molar-refractivity contribution >= 4 is 0 Å². The molecule has 2 nitrogen and oxygen atoms in total. The van der Waals surface area contributed by atoms with Crippen LogP contribution < -0.4 is 5.32 Å². The highest BCUT2D eigenvalue weighted by atomic mass is 15.2. The van der Waals surface area contributed by atoms with Crippen molar-refractivity contribution in [2.45, 2.75) is 45.1 Å². The van der Waals surface area contributed by atoms with Crippen molar-refractivity contribution < 1.29 is 0 Å². The van der Waals surface area contributed by atoms with Gasteiger partial charge in [0.2, 0.25) is 0 Å². The van der Waals surface area contributed by atoms with E-state index in [1.165, 1.54) is 58.3 Å². The van der Waals surface area contributed by atoms with Crippen LogP contribution in [-0.4, -0.2) is 37.1 Å². The number of nitrogens with one attached hydrogen (secondary N) is 1. The van der Waals surface area contributed by atoms with E-state index in [4.69, 9.17) is 0 Å². The lowest BCUT2D eigenvalue weighted by Gasteiger charge is -2.19. The molecule has 1 aliphatic heterocycles. The fraction of sp³-hybridized carbons (Fsp3) is 1.00. The first kappa shape index (κ1) is 10.4. The minimum Gasteiger partial charge on any atom is -0.313 e. The molecule has 1 saturated carbocycles. The maximum absolute atomic E-state index is 3.62. The van der Waals surface area contributed by atoms with Gasteiger partial charge < -0.3 is 10.2 Å². The average molecular weight is 196 g/mol. The zero-order valence-electron chi connectivity index (χ0n) is 9.47. The summed E-state index contributed by atoms with van der Waals surface area (Å²) in [6.07, 6.45) is 7.10. The van der Waals surface area contributed by atoms with Crippen LogP contribution in [-0.2, 0) is 0 Å². The standard InChI is InChI=1S/C12H24N2/c1-2-12-6-9-14(10-7-13-12)8-5-11-3-4-11/h11-13H,2-10H2,1H3. The third kappa shape index (κ3) is 3.25. The van der Waals surface area contributed by atoms with Gasteiger partial charge in [-0.15, -0.1) is 0 Å². The highest BCUT2D eigenvalue weighted by Crippen LogP contribution is 2.32. The molecule has 0 aromatic heterocycles. The van der Waals surface area contributed by atoms with Gasteiger partial charge >= 0.3 is 0 Å². The molecule has 1 aliphatic carbocycles. The summed E-state index contributed by atoms with van der Waals surface area (Å²) in [5.74, 6) is 1.09. The number of nitrogens with zero attached hydrogens (tertiary/aromatic N) is 1. The van der Waals surface area contributed by atoms with Crippen LogP contribution in [0.1, 0.15) is 39.0 Å². The Morgan fingerprint density at radius 1 is 1.21 bits per heavy atom. The lowest BCUT2D eigenvalue weighted by Crippen LogP contribution is -2.30. The Labute approximate surface area is 88.1 Å². The van der Waals surface area contributed by atoms with Crippen LogP contribution in [0.4, 0.5) is 0 Å². The van der Waals surface area contributed by atoms with Crippen LogP contribution in [0.3, 0.4) is 0 Å². The fourth-order valence-electron chi connectivity index (χ4n) is 2.32. The lowest BCUT2D eigenvalue weighted by atomic mass is 10.1. The highest BCUT2D eigenvalue weighted by molar-refractivity contribution is 4.78. The van der Waals surface area contributed by atoms with Crippen LogP contribution in [0.5, 0.6) is 0 Å². The van der Waals surface area contributed by atoms with Crippen molar-refractivity contribution in [2.75, 3.05) is 26.2 Å². The molecule has 0 aromatic carbocycles. The first-order valence-corrected chi connectivity index (χ1v) is 6.34. The molecule has 0 spiro atoms. The summed E-state index contributed by atoms with van der Waals surface area (Å²) in [5, 5.41) is 3.62. The zero-order chi connectivity index (χ0) is 9.80. The molecule has 0 aromatic rings. The van der Waals surface area contributed by atoms with Crippen molar-refractivity contribution in [2.24, 2.45) is 5.92 Å². The molecular weight excluding hydrogens is 172 g/mol. The summed E-state index contributed by atoms with van der Waals surface area (Å²) >= 11 is 0. The molecule has 0 bridgehead atoms. The normalized spacial score (nSPS) is 30.2. The van der Waals surface area contributed by atoms with Crippen LogP contribution in [0, 0.1) is 5.92 Å². The fourth-order valence-corrected chi connectivity index (χ4v) is 2.32. The summed E-state index contributed by atoms with van der Waals surface area (Å²) < 4.78 is 0. The molecule has 14 heavy (non-hydrogen) atoms. The van der Waals surface area contributed by atoms with Gasteiger partial charge in [-0.1, -0.05) is 19.8 Å². The number of hydrogen-bond acceptors (Lipinski definition) is 2. The van der Waals surface area contributed by atoms with Gasteiger partial charge in [-0.05, 0) is 38.3 Å². The van der Waals surface area contributed by atoms with Gasteiger partial charge in [0.25, 0.3) is 0 Å². The molecule has 2 aliphatic rings. The molecule has 0 radical (unpaired) electrons.